The first kappa shape index (κ1) is 15.4. The second-order valence-corrected chi connectivity index (χ2v) is 6.57. The van der Waals surface area contributed by atoms with Gasteiger partial charge in [0.05, 0.1) is 0 Å². The highest BCUT2D eigenvalue weighted by atomic mass is 15.1. The number of rotatable bonds is 2. The monoisotopic (exact) mass is 306 g/mol. The van der Waals surface area contributed by atoms with E-state index in [4.69, 9.17) is 5.73 Å². The second-order valence-electron chi connectivity index (χ2n) is 6.57. The van der Waals surface area contributed by atoms with Gasteiger partial charge >= 0.3 is 0 Å². The number of anilines is 2. The molecule has 1 atom stereocenters. The highest BCUT2D eigenvalue weighted by molar-refractivity contribution is 5.80. The minimum absolute atomic E-state index is 0.354. The number of aryl methyl sites for hydroxylation is 1. The molecule has 23 heavy (non-hydrogen) atoms. The van der Waals surface area contributed by atoms with Crippen molar-refractivity contribution in [1.29, 1.82) is 5.26 Å². The van der Waals surface area contributed by atoms with E-state index in [2.05, 4.69) is 47.1 Å². The maximum absolute atomic E-state index is 9.59. The molecule has 0 saturated heterocycles. The number of nitrogen functional groups attached to an aromatic ring is 1. The number of fused-ring (bicyclic) bond motifs is 1. The zero-order chi connectivity index (χ0) is 16.6. The number of pyridine rings is 1. The summed E-state index contributed by atoms with van der Waals surface area (Å²) in [6.45, 7) is 2.25. The third-order valence-electron chi connectivity index (χ3n) is 4.62. The zero-order valence-electron chi connectivity index (χ0n) is 13.9. The molecule has 0 fully saturated rings. The van der Waals surface area contributed by atoms with Gasteiger partial charge in [-0.3, -0.25) is 0 Å². The van der Waals surface area contributed by atoms with Gasteiger partial charge in [0, 0.05) is 31.0 Å². The Bertz CT molecular complexity index is 769. The smallest absolute Gasteiger partial charge is 0.142 e. The largest absolute Gasteiger partial charge is 0.383 e. The molecule has 2 aromatic rings. The molecule has 0 bridgehead atoms. The SMILES string of the molecule is CC1CCc2nc(N)c(C#N)c(-c3ccc(N(C)C)cc3)c2C1. The van der Waals surface area contributed by atoms with Crippen molar-refractivity contribution < 1.29 is 0 Å². The Kier molecular flexibility index (Phi) is 3.96. The zero-order valence-corrected chi connectivity index (χ0v) is 13.9. The molecule has 4 nitrogen and oxygen atoms in total. The fraction of sp³-hybridized carbons (Fsp3) is 0.368. The lowest BCUT2D eigenvalue weighted by Crippen LogP contribution is -2.17. The van der Waals surface area contributed by atoms with Crippen LogP contribution in [0.5, 0.6) is 0 Å². The van der Waals surface area contributed by atoms with Gasteiger partial charge in [-0.05, 0) is 48.4 Å². The summed E-state index contributed by atoms with van der Waals surface area (Å²) < 4.78 is 0. The van der Waals surface area contributed by atoms with Crippen LogP contribution in [0.2, 0.25) is 0 Å². The third-order valence-corrected chi connectivity index (χ3v) is 4.62. The molecule has 1 aromatic carbocycles. The molecule has 1 heterocycles. The molecule has 0 aliphatic heterocycles. The number of nitrogens with two attached hydrogens (primary N) is 1. The molecule has 0 amide bonds. The third kappa shape index (κ3) is 2.75. The van der Waals surface area contributed by atoms with Gasteiger partial charge in [-0.2, -0.15) is 5.26 Å². The summed E-state index contributed by atoms with van der Waals surface area (Å²) in [7, 11) is 4.04. The van der Waals surface area contributed by atoms with Crippen LogP contribution in [0.3, 0.4) is 0 Å². The minimum atomic E-state index is 0.354. The summed E-state index contributed by atoms with van der Waals surface area (Å²) in [6, 6.07) is 10.6. The molecule has 1 aromatic heterocycles. The van der Waals surface area contributed by atoms with Crippen molar-refractivity contribution in [3.8, 4) is 17.2 Å². The van der Waals surface area contributed by atoms with Crippen LogP contribution in [0.15, 0.2) is 24.3 Å². The number of hydrogen-bond donors (Lipinski definition) is 1. The average Bonchev–Trinajstić information content (AvgIpc) is 2.54. The van der Waals surface area contributed by atoms with Crippen LogP contribution < -0.4 is 10.6 Å². The molecule has 0 radical (unpaired) electrons. The molecule has 1 aliphatic rings. The average molecular weight is 306 g/mol. The van der Waals surface area contributed by atoms with Crippen molar-refractivity contribution in [2.45, 2.75) is 26.2 Å². The van der Waals surface area contributed by atoms with Crippen LogP contribution in [0.4, 0.5) is 11.5 Å². The summed E-state index contributed by atoms with van der Waals surface area (Å²) in [5.74, 6) is 0.965. The highest BCUT2D eigenvalue weighted by Crippen LogP contribution is 2.37. The first-order chi connectivity index (χ1) is 11.0. The number of benzene rings is 1. The first-order valence-corrected chi connectivity index (χ1v) is 8.00. The van der Waals surface area contributed by atoms with E-state index in [1.54, 1.807) is 0 Å². The molecule has 1 unspecified atom stereocenters. The molecule has 3 rings (SSSR count). The maximum Gasteiger partial charge on any atom is 0.142 e. The summed E-state index contributed by atoms with van der Waals surface area (Å²) in [5.41, 5.74) is 12.0. The summed E-state index contributed by atoms with van der Waals surface area (Å²) in [6.07, 6.45) is 3.03. The predicted molar refractivity (Wildman–Crippen MR) is 94.3 cm³/mol. The van der Waals surface area contributed by atoms with E-state index in [9.17, 15) is 5.26 Å². The Morgan fingerprint density at radius 3 is 2.57 bits per heavy atom. The molecule has 4 heteroatoms. The van der Waals surface area contributed by atoms with Crippen molar-refractivity contribution in [3.05, 3.63) is 41.1 Å². The highest BCUT2D eigenvalue weighted by Gasteiger charge is 2.24. The van der Waals surface area contributed by atoms with Crippen LogP contribution in [0.25, 0.3) is 11.1 Å². The van der Waals surface area contributed by atoms with Crippen molar-refractivity contribution >= 4 is 11.5 Å². The van der Waals surface area contributed by atoms with Gasteiger partial charge in [-0.15, -0.1) is 0 Å². The van der Waals surface area contributed by atoms with E-state index >= 15 is 0 Å². The van der Waals surface area contributed by atoms with E-state index < -0.39 is 0 Å². The van der Waals surface area contributed by atoms with Crippen LogP contribution in [0, 0.1) is 17.2 Å². The Hall–Kier alpha value is -2.54. The number of hydrogen-bond acceptors (Lipinski definition) is 4. The van der Waals surface area contributed by atoms with Crippen LogP contribution in [0.1, 0.15) is 30.2 Å². The number of nitriles is 1. The van der Waals surface area contributed by atoms with Gasteiger partial charge in [-0.1, -0.05) is 19.1 Å². The molecular formula is C19H22N4. The lowest BCUT2D eigenvalue weighted by atomic mass is 9.82. The summed E-state index contributed by atoms with van der Waals surface area (Å²) in [4.78, 5) is 6.56. The van der Waals surface area contributed by atoms with Crippen molar-refractivity contribution in [2.75, 3.05) is 24.7 Å². The van der Waals surface area contributed by atoms with E-state index in [-0.39, 0.29) is 0 Å². The van der Waals surface area contributed by atoms with E-state index in [0.29, 0.717) is 17.3 Å². The van der Waals surface area contributed by atoms with Gasteiger partial charge in [0.2, 0.25) is 0 Å². The van der Waals surface area contributed by atoms with Crippen molar-refractivity contribution in [3.63, 3.8) is 0 Å². The molecule has 118 valence electrons. The summed E-state index contributed by atoms with van der Waals surface area (Å²) >= 11 is 0. The second kappa shape index (κ2) is 5.92. The number of aromatic nitrogens is 1. The molecule has 1 aliphatic carbocycles. The Morgan fingerprint density at radius 2 is 1.96 bits per heavy atom. The van der Waals surface area contributed by atoms with Crippen LogP contribution >= 0.6 is 0 Å². The van der Waals surface area contributed by atoms with Gasteiger partial charge in [-0.25, -0.2) is 4.98 Å². The van der Waals surface area contributed by atoms with Gasteiger partial charge in [0.25, 0.3) is 0 Å². The van der Waals surface area contributed by atoms with E-state index in [0.717, 1.165) is 41.8 Å². The van der Waals surface area contributed by atoms with Crippen LogP contribution in [-0.2, 0) is 12.8 Å². The molecule has 2 N–H and O–H groups in total. The standard InChI is InChI=1S/C19H22N4/c1-12-4-9-17-15(10-12)18(16(11-20)19(21)22-17)13-5-7-14(8-6-13)23(2)3/h5-8,12H,4,9-10H2,1-3H3,(H2,21,22). The fourth-order valence-electron chi connectivity index (χ4n) is 3.31. The topological polar surface area (TPSA) is 65.9 Å². The molecule has 0 saturated carbocycles. The number of nitrogens with zero attached hydrogens (tertiary/aromatic N) is 3. The van der Waals surface area contributed by atoms with Crippen molar-refractivity contribution in [2.24, 2.45) is 5.92 Å². The minimum Gasteiger partial charge on any atom is -0.383 e. The molecular weight excluding hydrogens is 284 g/mol. The fourth-order valence-corrected chi connectivity index (χ4v) is 3.31. The van der Waals surface area contributed by atoms with Gasteiger partial charge < -0.3 is 10.6 Å². The summed E-state index contributed by atoms with van der Waals surface area (Å²) in [5, 5.41) is 9.59. The normalized spacial score (nSPS) is 16.5. The Labute approximate surface area is 137 Å². The maximum atomic E-state index is 9.59. The first-order valence-electron chi connectivity index (χ1n) is 8.00. The molecule has 0 spiro atoms. The van der Waals surface area contributed by atoms with Gasteiger partial charge in [0.15, 0.2) is 0 Å². The van der Waals surface area contributed by atoms with Gasteiger partial charge in [0.1, 0.15) is 17.5 Å². The lowest BCUT2D eigenvalue weighted by Gasteiger charge is -2.25. The van der Waals surface area contributed by atoms with E-state index in [1.165, 1.54) is 5.56 Å². The quantitative estimate of drug-likeness (QED) is 0.923. The predicted octanol–water partition coefficient (Wildman–Crippen LogP) is 3.39. The Balaban J connectivity index is 2.20. The van der Waals surface area contributed by atoms with E-state index in [1.807, 2.05) is 14.1 Å². The van der Waals surface area contributed by atoms with Crippen molar-refractivity contribution in [1.82, 2.24) is 4.98 Å². The van der Waals surface area contributed by atoms with Crippen LogP contribution in [-0.4, -0.2) is 19.1 Å². The Morgan fingerprint density at radius 1 is 1.26 bits per heavy atom. The lowest BCUT2D eigenvalue weighted by molar-refractivity contribution is 0.495.